The summed E-state index contributed by atoms with van der Waals surface area (Å²) in [5.74, 6) is 0.0332. The first-order valence-corrected chi connectivity index (χ1v) is 6.10. The molecule has 1 aliphatic rings. The van der Waals surface area contributed by atoms with Gasteiger partial charge in [-0.05, 0) is 31.8 Å². The van der Waals surface area contributed by atoms with E-state index in [1.54, 1.807) is 0 Å². The van der Waals surface area contributed by atoms with E-state index in [4.69, 9.17) is 5.11 Å². The minimum Gasteiger partial charge on any atom is -0.481 e. The van der Waals surface area contributed by atoms with Crippen LogP contribution in [-0.4, -0.2) is 29.9 Å². The first kappa shape index (κ1) is 13.2. The van der Waals surface area contributed by atoms with Crippen molar-refractivity contribution in [3.05, 3.63) is 0 Å². The number of carboxylic acid groups (broad SMARTS) is 1. The second kappa shape index (κ2) is 6.63. The molecule has 1 saturated heterocycles. The summed E-state index contributed by atoms with van der Waals surface area (Å²) in [6, 6.07) is 0. The van der Waals surface area contributed by atoms with Crippen molar-refractivity contribution in [3.63, 3.8) is 0 Å². The van der Waals surface area contributed by atoms with Gasteiger partial charge in [0.05, 0.1) is 0 Å². The molecule has 0 aliphatic carbocycles. The molecule has 1 rings (SSSR count). The van der Waals surface area contributed by atoms with Crippen molar-refractivity contribution in [2.24, 2.45) is 11.8 Å². The first-order chi connectivity index (χ1) is 7.65. The van der Waals surface area contributed by atoms with Gasteiger partial charge in [-0.15, -0.1) is 0 Å². The molecule has 0 bridgehead atoms. The van der Waals surface area contributed by atoms with E-state index in [0.29, 0.717) is 18.8 Å². The average molecular weight is 227 g/mol. The zero-order valence-electron chi connectivity index (χ0n) is 9.87. The first-order valence-electron chi connectivity index (χ1n) is 6.10. The molecule has 2 N–H and O–H groups in total. The fourth-order valence-electron chi connectivity index (χ4n) is 2.37. The molecule has 0 spiro atoms. The highest BCUT2D eigenvalue weighted by Crippen LogP contribution is 2.24. The molecule has 0 aromatic rings. The molecule has 4 nitrogen and oxygen atoms in total. The molecule has 4 heteroatoms. The van der Waals surface area contributed by atoms with E-state index in [1.807, 2.05) is 0 Å². The summed E-state index contributed by atoms with van der Waals surface area (Å²) < 4.78 is 0. The maximum atomic E-state index is 11.9. The Hall–Kier alpha value is -0.900. The van der Waals surface area contributed by atoms with Crippen LogP contribution in [0.2, 0.25) is 0 Å². The lowest BCUT2D eigenvalue weighted by Crippen LogP contribution is -2.39. The van der Waals surface area contributed by atoms with E-state index in [2.05, 4.69) is 12.2 Å². The monoisotopic (exact) mass is 227 g/mol. The van der Waals surface area contributed by atoms with Crippen molar-refractivity contribution in [1.29, 1.82) is 0 Å². The molecule has 0 amide bonds. The third-order valence-electron chi connectivity index (χ3n) is 3.36. The summed E-state index contributed by atoms with van der Waals surface area (Å²) >= 11 is 0. The van der Waals surface area contributed by atoms with Crippen molar-refractivity contribution in [2.45, 2.75) is 39.0 Å². The SMILES string of the molecule is CCC1CNCCC1C(=O)CCCC(=O)O. The van der Waals surface area contributed by atoms with Gasteiger partial charge < -0.3 is 10.4 Å². The largest absolute Gasteiger partial charge is 0.481 e. The molecule has 0 aromatic carbocycles. The van der Waals surface area contributed by atoms with Gasteiger partial charge in [0.25, 0.3) is 0 Å². The minimum atomic E-state index is -0.815. The predicted octanol–water partition coefficient (Wildman–Crippen LogP) is 1.45. The lowest BCUT2D eigenvalue weighted by molar-refractivity contribution is -0.137. The zero-order chi connectivity index (χ0) is 12.0. The Kier molecular flexibility index (Phi) is 5.46. The summed E-state index contributed by atoms with van der Waals surface area (Å²) in [4.78, 5) is 22.3. The third kappa shape index (κ3) is 3.93. The van der Waals surface area contributed by atoms with E-state index in [9.17, 15) is 9.59 Å². The Morgan fingerprint density at radius 2 is 2.12 bits per heavy atom. The summed E-state index contributed by atoms with van der Waals surface area (Å²) in [5, 5.41) is 11.8. The molecule has 1 heterocycles. The van der Waals surface area contributed by atoms with Gasteiger partial charge in [0.2, 0.25) is 0 Å². The number of Topliss-reactive ketones (excluding diaryl/α,β-unsaturated/α-hetero) is 1. The van der Waals surface area contributed by atoms with Gasteiger partial charge in [-0.1, -0.05) is 13.3 Å². The van der Waals surface area contributed by atoms with Crippen LogP contribution >= 0.6 is 0 Å². The number of carbonyl (C=O) groups excluding carboxylic acids is 1. The second-order valence-electron chi connectivity index (χ2n) is 4.48. The van der Waals surface area contributed by atoms with Gasteiger partial charge in [-0.3, -0.25) is 9.59 Å². The molecule has 1 fully saturated rings. The Morgan fingerprint density at radius 3 is 2.75 bits per heavy atom. The standard InChI is InChI=1S/C12H21NO3/c1-2-9-8-13-7-6-10(9)11(14)4-3-5-12(15)16/h9-10,13H,2-8H2,1H3,(H,15,16). The minimum absolute atomic E-state index is 0.105. The lowest BCUT2D eigenvalue weighted by atomic mass is 9.80. The average Bonchev–Trinajstić information content (AvgIpc) is 2.28. The summed E-state index contributed by atoms with van der Waals surface area (Å²) in [6.45, 7) is 3.94. The highest BCUT2D eigenvalue weighted by molar-refractivity contribution is 5.81. The van der Waals surface area contributed by atoms with Crippen molar-refractivity contribution in [1.82, 2.24) is 5.32 Å². The van der Waals surface area contributed by atoms with Gasteiger partial charge >= 0.3 is 5.97 Å². The normalized spacial score (nSPS) is 25.3. The quantitative estimate of drug-likeness (QED) is 0.720. The number of nitrogens with one attached hydrogen (secondary N) is 1. The van der Waals surface area contributed by atoms with Crippen LogP contribution in [0.1, 0.15) is 39.0 Å². The predicted molar refractivity (Wildman–Crippen MR) is 61.3 cm³/mol. The van der Waals surface area contributed by atoms with Crippen LogP contribution in [0.25, 0.3) is 0 Å². The van der Waals surface area contributed by atoms with E-state index >= 15 is 0 Å². The second-order valence-corrected chi connectivity index (χ2v) is 4.48. The smallest absolute Gasteiger partial charge is 0.303 e. The van der Waals surface area contributed by atoms with Crippen LogP contribution in [0.5, 0.6) is 0 Å². The highest BCUT2D eigenvalue weighted by atomic mass is 16.4. The summed E-state index contributed by atoms with van der Waals surface area (Å²) in [5.41, 5.74) is 0. The number of piperidine rings is 1. The topological polar surface area (TPSA) is 66.4 Å². The van der Waals surface area contributed by atoms with Gasteiger partial charge in [-0.2, -0.15) is 0 Å². The van der Waals surface area contributed by atoms with Crippen LogP contribution in [0, 0.1) is 11.8 Å². The van der Waals surface area contributed by atoms with Crippen molar-refractivity contribution >= 4 is 11.8 Å². The molecule has 92 valence electrons. The molecular formula is C12H21NO3. The van der Waals surface area contributed by atoms with Crippen LogP contribution < -0.4 is 5.32 Å². The molecule has 1 aliphatic heterocycles. The Labute approximate surface area is 96.4 Å². The fourth-order valence-corrected chi connectivity index (χ4v) is 2.37. The number of hydrogen-bond acceptors (Lipinski definition) is 3. The summed E-state index contributed by atoms with van der Waals surface area (Å²) in [6.07, 6.45) is 2.93. The molecule has 2 atom stereocenters. The van der Waals surface area contributed by atoms with Crippen LogP contribution in [0.4, 0.5) is 0 Å². The summed E-state index contributed by atoms with van der Waals surface area (Å²) in [7, 11) is 0. The van der Waals surface area contributed by atoms with Crippen molar-refractivity contribution < 1.29 is 14.7 Å². The molecule has 0 saturated carbocycles. The molecular weight excluding hydrogens is 206 g/mol. The number of rotatable bonds is 6. The highest BCUT2D eigenvalue weighted by Gasteiger charge is 2.28. The number of ketones is 1. The lowest BCUT2D eigenvalue weighted by Gasteiger charge is -2.30. The Bertz CT molecular complexity index is 253. The van der Waals surface area contributed by atoms with E-state index < -0.39 is 5.97 Å². The van der Waals surface area contributed by atoms with E-state index in [0.717, 1.165) is 25.9 Å². The zero-order valence-corrected chi connectivity index (χ0v) is 9.87. The van der Waals surface area contributed by atoms with Crippen LogP contribution in [0.15, 0.2) is 0 Å². The molecule has 0 radical (unpaired) electrons. The third-order valence-corrected chi connectivity index (χ3v) is 3.36. The molecule has 0 aromatic heterocycles. The van der Waals surface area contributed by atoms with Gasteiger partial charge in [0.15, 0.2) is 0 Å². The molecule has 2 unspecified atom stereocenters. The van der Waals surface area contributed by atoms with Crippen molar-refractivity contribution in [3.8, 4) is 0 Å². The Balaban J connectivity index is 2.35. The number of aliphatic carboxylic acids is 1. The number of carboxylic acids is 1. The number of carbonyl (C=O) groups is 2. The van der Waals surface area contributed by atoms with Gasteiger partial charge in [0.1, 0.15) is 5.78 Å². The van der Waals surface area contributed by atoms with E-state index in [-0.39, 0.29) is 18.1 Å². The van der Waals surface area contributed by atoms with Gasteiger partial charge in [-0.25, -0.2) is 0 Å². The van der Waals surface area contributed by atoms with Crippen molar-refractivity contribution in [2.75, 3.05) is 13.1 Å². The maximum absolute atomic E-state index is 11.9. The molecule has 16 heavy (non-hydrogen) atoms. The Morgan fingerprint density at radius 1 is 1.38 bits per heavy atom. The van der Waals surface area contributed by atoms with Crippen LogP contribution in [-0.2, 0) is 9.59 Å². The fraction of sp³-hybridized carbons (Fsp3) is 0.833. The van der Waals surface area contributed by atoms with E-state index in [1.165, 1.54) is 0 Å². The van der Waals surface area contributed by atoms with Crippen LogP contribution in [0.3, 0.4) is 0 Å². The maximum Gasteiger partial charge on any atom is 0.303 e. The van der Waals surface area contributed by atoms with Gasteiger partial charge in [0, 0.05) is 18.8 Å². The number of hydrogen-bond donors (Lipinski definition) is 2.